The molecule has 0 aromatic heterocycles. The zero-order chi connectivity index (χ0) is 47.1. The van der Waals surface area contributed by atoms with Crippen molar-refractivity contribution in [1.82, 2.24) is 0 Å². The highest BCUT2D eigenvalue weighted by Gasteiger charge is 2.42. The molecule has 6 aromatic rings. The highest BCUT2D eigenvalue weighted by Crippen LogP contribution is 2.50. The van der Waals surface area contributed by atoms with Crippen LogP contribution in [0.4, 0.5) is 0 Å². The average molecular weight is 863 g/mol. The van der Waals surface area contributed by atoms with Crippen LogP contribution in [0, 0.1) is 41.5 Å². The van der Waals surface area contributed by atoms with E-state index in [1.807, 2.05) is 19.1 Å². The molecule has 5 atom stereocenters. The van der Waals surface area contributed by atoms with Crippen LogP contribution in [0.5, 0.6) is 0 Å². The van der Waals surface area contributed by atoms with E-state index in [1.54, 1.807) is 6.08 Å². The fourth-order valence-corrected chi connectivity index (χ4v) is 10.5. The molecule has 1 unspecified atom stereocenters. The van der Waals surface area contributed by atoms with Crippen LogP contribution >= 0.6 is 0 Å². The molecule has 2 heteroatoms. The van der Waals surface area contributed by atoms with Gasteiger partial charge in [0, 0.05) is 11.0 Å². The molecule has 0 aliphatic heterocycles. The summed E-state index contributed by atoms with van der Waals surface area (Å²) < 4.78 is 0. The molecule has 3 aliphatic rings. The maximum atomic E-state index is 12.9. The summed E-state index contributed by atoms with van der Waals surface area (Å²) in [5, 5.41) is 10.9. The lowest BCUT2D eigenvalue weighted by Gasteiger charge is -2.43. The Morgan fingerprint density at radius 1 is 0.523 bits per heavy atom. The number of hydrogen-bond donors (Lipinski definition) is 1. The van der Waals surface area contributed by atoms with E-state index in [4.69, 9.17) is 0 Å². The van der Waals surface area contributed by atoms with Gasteiger partial charge < -0.3 is 5.11 Å². The second-order valence-electron chi connectivity index (χ2n) is 20.0. The minimum absolute atomic E-state index is 0.185. The summed E-state index contributed by atoms with van der Waals surface area (Å²) in [4.78, 5) is 12.9. The summed E-state index contributed by atoms with van der Waals surface area (Å²) in [5.41, 5.74) is 18.8. The van der Waals surface area contributed by atoms with Crippen molar-refractivity contribution in [2.75, 3.05) is 0 Å². The van der Waals surface area contributed by atoms with Crippen molar-refractivity contribution in [3.05, 3.63) is 236 Å². The van der Waals surface area contributed by atoms with Gasteiger partial charge in [0.1, 0.15) is 0 Å². The third-order valence-corrected chi connectivity index (χ3v) is 14.9. The number of fused-ring (bicyclic) bond motifs is 3. The van der Waals surface area contributed by atoms with Crippen molar-refractivity contribution in [3.63, 3.8) is 0 Å². The first-order valence-electron chi connectivity index (χ1n) is 23.9. The molecule has 3 aliphatic carbocycles. The molecule has 1 N–H and O–H groups in total. The fourth-order valence-electron chi connectivity index (χ4n) is 10.5. The molecule has 0 amide bonds. The van der Waals surface area contributed by atoms with Crippen LogP contribution < -0.4 is 0 Å². The SMILES string of the molecule is C=CC.C=CC[C@@H]1c2ccc(C)cc2CC[C@]1(C)c1ccc(C)cc1.Cc1ccc([C@@]2(C)CCc3cc(C)ccc3C2=O)cc1.Cc1ccc([C@@]2(C)CCc3cc(C)ccc3C2O)cc1. The van der Waals surface area contributed by atoms with Crippen LogP contribution in [-0.4, -0.2) is 10.9 Å². The smallest absolute Gasteiger partial charge is 0.173 e. The maximum absolute atomic E-state index is 12.9. The molecule has 0 bridgehead atoms. The summed E-state index contributed by atoms with van der Waals surface area (Å²) in [7, 11) is 0. The quantitative estimate of drug-likeness (QED) is 0.175. The van der Waals surface area contributed by atoms with Gasteiger partial charge in [0.25, 0.3) is 0 Å². The first kappa shape index (κ1) is 48.9. The Kier molecular flexibility index (Phi) is 15.6. The number of Topliss-reactive ketones (excluding diaryl/α,β-unsaturated/α-hetero) is 1. The van der Waals surface area contributed by atoms with E-state index in [0.29, 0.717) is 5.92 Å². The van der Waals surface area contributed by atoms with Crippen LogP contribution in [0.1, 0.15) is 154 Å². The first-order chi connectivity index (χ1) is 31.0. The van der Waals surface area contributed by atoms with Crippen LogP contribution in [0.3, 0.4) is 0 Å². The van der Waals surface area contributed by atoms with Crippen molar-refractivity contribution >= 4 is 5.78 Å². The summed E-state index contributed by atoms with van der Waals surface area (Å²) in [5.74, 6) is 0.791. The molecular weight excluding hydrogens is 789 g/mol. The highest BCUT2D eigenvalue weighted by molar-refractivity contribution is 6.06. The Hall–Kier alpha value is -5.57. The van der Waals surface area contributed by atoms with Gasteiger partial charge in [-0.25, -0.2) is 0 Å². The van der Waals surface area contributed by atoms with Crippen molar-refractivity contribution < 1.29 is 9.90 Å². The monoisotopic (exact) mass is 863 g/mol. The Balaban J connectivity index is 0.000000157. The summed E-state index contributed by atoms with van der Waals surface area (Å²) in [6.45, 7) is 28.7. The van der Waals surface area contributed by atoms with E-state index >= 15 is 0 Å². The van der Waals surface area contributed by atoms with E-state index in [9.17, 15) is 9.90 Å². The molecule has 0 saturated carbocycles. The zero-order valence-corrected chi connectivity index (χ0v) is 41.2. The molecule has 0 radical (unpaired) electrons. The third-order valence-electron chi connectivity index (χ3n) is 14.9. The molecule has 0 spiro atoms. The number of carbonyl (C=O) groups is 1. The number of rotatable bonds is 5. The van der Waals surface area contributed by atoms with Gasteiger partial charge in [-0.3, -0.25) is 4.79 Å². The van der Waals surface area contributed by atoms with Gasteiger partial charge in [-0.1, -0.05) is 187 Å². The van der Waals surface area contributed by atoms with Gasteiger partial charge in [0.15, 0.2) is 5.78 Å². The maximum Gasteiger partial charge on any atom is 0.173 e. The van der Waals surface area contributed by atoms with E-state index < -0.39 is 6.10 Å². The predicted molar refractivity (Wildman–Crippen MR) is 277 cm³/mol. The summed E-state index contributed by atoms with van der Waals surface area (Å²) in [6.07, 6.45) is 10.8. The first-order valence-corrected chi connectivity index (χ1v) is 23.9. The second kappa shape index (κ2) is 20.7. The van der Waals surface area contributed by atoms with Crippen LogP contribution in [0.15, 0.2) is 153 Å². The Morgan fingerprint density at radius 2 is 0.908 bits per heavy atom. The second-order valence-corrected chi connectivity index (χ2v) is 20.0. The van der Waals surface area contributed by atoms with Crippen LogP contribution in [0.2, 0.25) is 0 Å². The van der Waals surface area contributed by atoms with Crippen molar-refractivity contribution in [2.45, 2.75) is 142 Å². The molecule has 0 fully saturated rings. The van der Waals surface area contributed by atoms with E-state index in [1.165, 1.54) is 79.6 Å². The number of benzene rings is 6. The topological polar surface area (TPSA) is 37.3 Å². The molecule has 0 heterocycles. The lowest BCUT2D eigenvalue weighted by Crippen LogP contribution is -2.37. The molecule has 0 saturated heterocycles. The van der Waals surface area contributed by atoms with Gasteiger partial charge in [-0.05, 0) is 156 Å². The van der Waals surface area contributed by atoms with Crippen molar-refractivity contribution in [1.29, 1.82) is 0 Å². The number of aliphatic hydroxyl groups is 1. The van der Waals surface area contributed by atoms with Gasteiger partial charge in [0.2, 0.25) is 0 Å². The van der Waals surface area contributed by atoms with Gasteiger partial charge in [-0.2, -0.15) is 0 Å². The van der Waals surface area contributed by atoms with E-state index in [0.717, 1.165) is 48.8 Å². The van der Waals surface area contributed by atoms with Gasteiger partial charge in [-0.15, -0.1) is 13.2 Å². The number of aryl methyl sites for hydroxylation is 9. The lowest BCUT2D eigenvalue weighted by molar-refractivity contribution is 0.0747. The normalized spacial score (nSPS) is 22.7. The molecular formula is C63H74O2. The van der Waals surface area contributed by atoms with Gasteiger partial charge in [0.05, 0.1) is 11.5 Å². The zero-order valence-electron chi connectivity index (χ0n) is 41.2. The Bertz CT molecular complexity index is 2590. The molecule has 6 aromatic carbocycles. The standard InChI is InChI=1S/C22H26.C19H22O.C19H20O.C3H6/c1-5-6-21-20-12-9-17(3)15-18(20)13-14-22(21,4)19-10-7-16(2)8-11-19;2*1-13-4-7-16(8-5-13)19(3)11-10-15-12-14(2)6-9-17(15)18(19)20;1-3-2/h5,7-12,15,21H,1,6,13-14H2,2-4H3;4-9,12,18,20H,10-11H2,1-3H3;4-9,12H,10-11H2,1-3H3;3H,1H2,2H3/t21-,22-;18?,19-;19-;/m111./s1. The predicted octanol–water partition coefficient (Wildman–Crippen LogP) is 15.7. The highest BCUT2D eigenvalue weighted by atomic mass is 16.3. The number of ketones is 1. The molecule has 338 valence electrons. The van der Waals surface area contributed by atoms with E-state index in [2.05, 4.69) is 197 Å². The average Bonchev–Trinajstić information content (AvgIpc) is 3.29. The Morgan fingerprint density at radius 3 is 1.42 bits per heavy atom. The molecule has 2 nitrogen and oxygen atoms in total. The van der Waals surface area contributed by atoms with Crippen LogP contribution in [-0.2, 0) is 35.5 Å². The molecule has 9 rings (SSSR count). The van der Waals surface area contributed by atoms with Crippen LogP contribution in [0.25, 0.3) is 0 Å². The third kappa shape index (κ3) is 10.6. The molecule has 65 heavy (non-hydrogen) atoms. The minimum atomic E-state index is -0.422. The Labute approximate surface area is 392 Å². The summed E-state index contributed by atoms with van der Waals surface area (Å²) >= 11 is 0. The van der Waals surface area contributed by atoms with Crippen molar-refractivity contribution in [2.24, 2.45) is 0 Å². The van der Waals surface area contributed by atoms with Gasteiger partial charge >= 0.3 is 0 Å². The number of aliphatic hydroxyl groups excluding tert-OH is 1. The number of hydrogen-bond acceptors (Lipinski definition) is 2. The lowest BCUT2D eigenvalue weighted by atomic mass is 9.60. The van der Waals surface area contributed by atoms with Crippen molar-refractivity contribution in [3.8, 4) is 0 Å². The largest absolute Gasteiger partial charge is 0.387 e. The fraction of sp³-hybridized carbons (Fsp3) is 0.349. The number of allylic oxidation sites excluding steroid dienone is 2. The van der Waals surface area contributed by atoms with E-state index in [-0.39, 0.29) is 22.0 Å². The minimum Gasteiger partial charge on any atom is -0.387 e. The summed E-state index contributed by atoms with van der Waals surface area (Å²) in [6, 6.07) is 45.7. The number of carbonyl (C=O) groups excluding carboxylic acids is 1.